The van der Waals surface area contributed by atoms with E-state index >= 15 is 0 Å². The minimum atomic E-state index is 0.0373. The molecule has 1 saturated carbocycles. The number of rotatable bonds is 4. The van der Waals surface area contributed by atoms with Crippen LogP contribution in [0.2, 0.25) is 0 Å². The van der Waals surface area contributed by atoms with Gasteiger partial charge in [-0.05, 0) is 56.0 Å². The SMILES string of the molecule is Cc1ccc(C(=O)N2CCc3cc(-c4csc(NC(=O)C5CC5)n4)ccc32)cc1. The molecule has 1 N–H and O–H groups in total. The Morgan fingerprint density at radius 1 is 1.14 bits per heavy atom. The van der Waals surface area contributed by atoms with Crippen molar-refractivity contribution in [3.8, 4) is 11.3 Å². The first-order valence-corrected chi connectivity index (χ1v) is 10.7. The summed E-state index contributed by atoms with van der Waals surface area (Å²) < 4.78 is 0. The largest absolute Gasteiger partial charge is 0.308 e. The van der Waals surface area contributed by atoms with Gasteiger partial charge in [0.25, 0.3) is 5.91 Å². The molecule has 6 heteroatoms. The van der Waals surface area contributed by atoms with Crippen LogP contribution in [0.25, 0.3) is 11.3 Å². The smallest absolute Gasteiger partial charge is 0.258 e. The van der Waals surface area contributed by atoms with Crippen LogP contribution >= 0.6 is 11.3 Å². The van der Waals surface area contributed by atoms with E-state index < -0.39 is 0 Å². The summed E-state index contributed by atoms with van der Waals surface area (Å²) in [6, 6.07) is 13.8. The highest BCUT2D eigenvalue weighted by molar-refractivity contribution is 7.14. The van der Waals surface area contributed by atoms with Crippen LogP contribution in [-0.2, 0) is 11.2 Å². The summed E-state index contributed by atoms with van der Waals surface area (Å²) >= 11 is 1.45. The molecule has 1 fully saturated rings. The molecule has 5 nitrogen and oxygen atoms in total. The Bertz CT molecular complexity index is 1100. The zero-order valence-electron chi connectivity index (χ0n) is 16.1. The van der Waals surface area contributed by atoms with E-state index in [1.54, 1.807) is 0 Å². The number of carbonyl (C=O) groups excluding carboxylic acids is 2. The quantitative estimate of drug-likeness (QED) is 0.689. The number of fused-ring (bicyclic) bond motifs is 1. The molecule has 0 bridgehead atoms. The summed E-state index contributed by atoms with van der Waals surface area (Å²) in [7, 11) is 0. The number of aryl methyl sites for hydroxylation is 1. The fraction of sp³-hybridized carbons (Fsp3) is 0.261. The number of carbonyl (C=O) groups is 2. The van der Waals surface area contributed by atoms with Crippen LogP contribution in [-0.4, -0.2) is 23.3 Å². The van der Waals surface area contributed by atoms with Gasteiger partial charge >= 0.3 is 0 Å². The summed E-state index contributed by atoms with van der Waals surface area (Å²) in [6.45, 7) is 2.70. The number of amides is 2. The van der Waals surface area contributed by atoms with Crippen LogP contribution in [0.3, 0.4) is 0 Å². The van der Waals surface area contributed by atoms with Crippen molar-refractivity contribution in [2.24, 2.45) is 5.92 Å². The molecule has 2 aliphatic rings. The van der Waals surface area contributed by atoms with Crippen molar-refractivity contribution < 1.29 is 9.59 Å². The lowest BCUT2D eigenvalue weighted by atomic mass is 10.1. The molecule has 0 spiro atoms. The zero-order valence-corrected chi connectivity index (χ0v) is 17.0. The number of aromatic nitrogens is 1. The van der Waals surface area contributed by atoms with E-state index in [0.717, 1.165) is 47.3 Å². The van der Waals surface area contributed by atoms with Crippen LogP contribution in [0.4, 0.5) is 10.8 Å². The van der Waals surface area contributed by atoms with Gasteiger partial charge in [0.2, 0.25) is 5.91 Å². The molecular formula is C23H21N3O2S. The molecule has 0 radical (unpaired) electrons. The number of hydrogen-bond acceptors (Lipinski definition) is 4. The number of hydrogen-bond donors (Lipinski definition) is 1. The van der Waals surface area contributed by atoms with E-state index in [2.05, 4.69) is 16.4 Å². The second kappa shape index (κ2) is 7.12. The Morgan fingerprint density at radius 3 is 2.69 bits per heavy atom. The monoisotopic (exact) mass is 403 g/mol. The first-order chi connectivity index (χ1) is 14.1. The fourth-order valence-corrected chi connectivity index (χ4v) is 4.36. The second-order valence-corrected chi connectivity index (χ2v) is 8.58. The Balaban J connectivity index is 1.35. The maximum atomic E-state index is 12.9. The zero-order chi connectivity index (χ0) is 20.0. The predicted octanol–water partition coefficient (Wildman–Crippen LogP) is 4.67. The van der Waals surface area contributed by atoms with Crippen molar-refractivity contribution >= 4 is 34.0 Å². The van der Waals surface area contributed by atoms with Crippen molar-refractivity contribution in [2.45, 2.75) is 26.2 Å². The molecule has 1 aromatic heterocycles. The molecule has 2 amide bonds. The highest BCUT2D eigenvalue weighted by Gasteiger charge is 2.30. The van der Waals surface area contributed by atoms with Gasteiger partial charge in [0.15, 0.2) is 5.13 Å². The van der Waals surface area contributed by atoms with Crippen molar-refractivity contribution in [1.82, 2.24) is 4.98 Å². The third kappa shape index (κ3) is 3.56. The maximum Gasteiger partial charge on any atom is 0.258 e. The number of thiazole rings is 1. The Hall–Kier alpha value is -2.99. The minimum absolute atomic E-state index is 0.0373. The lowest BCUT2D eigenvalue weighted by Crippen LogP contribution is -2.28. The summed E-state index contributed by atoms with van der Waals surface area (Å²) in [5, 5.41) is 5.52. The van der Waals surface area contributed by atoms with Crippen molar-refractivity contribution in [3.05, 3.63) is 64.5 Å². The Kier molecular flexibility index (Phi) is 4.43. The topological polar surface area (TPSA) is 62.3 Å². The summed E-state index contributed by atoms with van der Waals surface area (Å²) in [5.41, 5.74) is 5.84. The molecule has 1 aliphatic carbocycles. The molecule has 1 aliphatic heterocycles. The van der Waals surface area contributed by atoms with E-state index in [0.29, 0.717) is 17.2 Å². The standard InChI is InChI=1S/C23H21N3O2S/c1-14-2-4-16(5-3-14)22(28)26-11-10-18-12-17(8-9-20(18)26)19-13-29-23(24-19)25-21(27)15-6-7-15/h2-5,8-9,12-13,15H,6-7,10-11H2,1H3,(H,24,25,27). The maximum absolute atomic E-state index is 12.9. The van der Waals surface area contributed by atoms with Crippen LogP contribution < -0.4 is 10.2 Å². The molecule has 2 heterocycles. The van der Waals surface area contributed by atoms with Crippen LogP contribution in [0.1, 0.15) is 34.3 Å². The van der Waals surface area contributed by atoms with E-state index in [-0.39, 0.29) is 17.7 Å². The molecule has 0 saturated heterocycles. The summed E-state index contributed by atoms with van der Waals surface area (Å²) in [6.07, 6.45) is 2.79. The molecule has 0 unspecified atom stereocenters. The molecule has 0 atom stereocenters. The highest BCUT2D eigenvalue weighted by Crippen LogP contribution is 2.35. The third-order valence-corrected chi connectivity index (χ3v) is 6.25. The average Bonchev–Trinajstić information content (AvgIpc) is 3.34. The summed E-state index contributed by atoms with van der Waals surface area (Å²) in [5.74, 6) is 0.278. The van der Waals surface area contributed by atoms with Gasteiger partial charge in [0.1, 0.15) is 0 Å². The van der Waals surface area contributed by atoms with E-state index in [1.807, 2.05) is 53.6 Å². The molecule has 146 valence electrons. The van der Waals surface area contributed by atoms with Crippen molar-refractivity contribution in [3.63, 3.8) is 0 Å². The van der Waals surface area contributed by atoms with Crippen molar-refractivity contribution in [2.75, 3.05) is 16.8 Å². The predicted molar refractivity (Wildman–Crippen MR) is 115 cm³/mol. The number of nitrogens with zero attached hydrogens (tertiary/aromatic N) is 2. The fourth-order valence-electron chi connectivity index (χ4n) is 3.64. The van der Waals surface area contributed by atoms with Crippen LogP contribution in [0.15, 0.2) is 47.8 Å². The lowest BCUT2D eigenvalue weighted by molar-refractivity contribution is -0.117. The third-order valence-electron chi connectivity index (χ3n) is 5.50. The van der Waals surface area contributed by atoms with Gasteiger partial charge in [0.05, 0.1) is 5.69 Å². The Labute approximate surface area is 173 Å². The van der Waals surface area contributed by atoms with Gasteiger partial charge in [-0.15, -0.1) is 11.3 Å². The lowest BCUT2D eigenvalue weighted by Gasteiger charge is -2.17. The highest BCUT2D eigenvalue weighted by atomic mass is 32.1. The van der Waals surface area contributed by atoms with E-state index in [4.69, 9.17) is 0 Å². The average molecular weight is 404 g/mol. The van der Waals surface area contributed by atoms with Crippen LogP contribution in [0.5, 0.6) is 0 Å². The molecule has 3 aromatic rings. The second-order valence-electron chi connectivity index (χ2n) is 7.72. The number of benzene rings is 2. The van der Waals surface area contributed by atoms with Gasteiger partial charge in [-0.1, -0.05) is 23.8 Å². The molecule has 2 aromatic carbocycles. The van der Waals surface area contributed by atoms with Gasteiger partial charge in [-0.2, -0.15) is 0 Å². The molecule has 5 rings (SSSR count). The van der Waals surface area contributed by atoms with Crippen molar-refractivity contribution in [1.29, 1.82) is 0 Å². The minimum Gasteiger partial charge on any atom is -0.308 e. The van der Waals surface area contributed by atoms with Crippen LogP contribution in [0, 0.1) is 12.8 Å². The number of nitrogens with one attached hydrogen (secondary N) is 1. The van der Waals surface area contributed by atoms with E-state index in [9.17, 15) is 9.59 Å². The van der Waals surface area contributed by atoms with Gasteiger partial charge in [-0.25, -0.2) is 4.98 Å². The van der Waals surface area contributed by atoms with Gasteiger partial charge < -0.3 is 10.2 Å². The molecule has 29 heavy (non-hydrogen) atoms. The first-order valence-electron chi connectivity index (χ1n) is 9.87. The van der Waals surface area contributed by atoms with E-state index in [1.165, 1.54) is 11.3 Å². The first kappa shape index (κ1) is 18.1. The van der Waals surface area contributed by atoms with Gasteiger partial charge in [-0.3, -0.25) is 9.59 Å². The number of anilines is 2. The Morgan fingerprint density at radius 2 is 1.93 bits per heavy atom. The van der Waals surface area contributed by atoms with Gasteiger partial charge in [0, 0.05) is 34.7 Å². The summed E-state index contributed by atoms with van der Waals surface area (Å²) in [4.78, 5) is 31.3. The molecular weight excluding hydrogens is 382 g/mol. The normalized spacial score (nSPS) is 15.3.